The molecule has 0 unspecified atom stereocenters. The van der Waals surface area contributed by atoms with Crippen molar-refractivity contribution < 1.29 is 13.2 Å². The number of halogens is 1. The van der Waals surface area contributed by atoms with E-state index in [1.165, 1.54) is 19.2 Å². The highest BCUT2D eigenvalue weighted by molar-refractivity contribution is 7.91. The third-order valence-electron chi connectivity index (χ3n) is 5.25. The maximum Gasteiger partial charge on any atom is 0.252 e. The molecule has 2 aromatic rings. The fourth-order valence-electron chi connectivity index (χ4n) is 3.37. The number of aryl methyl sites for hydroxylation is 1. The molecule has 30 heavy (non-hydrogen) atoms. The van der Waals surface area contributed by atoms with Crippen molar-refractivity contribution in [2.45, 2.75) is 18.1 Å². The van der Waals surface area contributed by atoms with E-state index in [9.17, 15) is 13.2 Å². The minimum atomic E-state index is -3.75. The molecule has 1 fully saturated rings. The van der Waals surface area contributed by atoms with Crippen molar-refractivity contribution in [3.8, 4) is 0 Å². The second-order valence-electron chi connectivity index (χ2n) is 7.29. The summed E-state index contributed by atoms with van der Waals surface area (Å²) in [7, 11) is -2.36. The number of thiophene rings is 1. The molecular weight excluding hydrogens is 444 g/mol. The normalized spacial score (nSPS) is 15.6. The third-order valence-corrected chi connectivity index (χ3v) is 8.75. The maximum atomic E-state index is 12.6. The van der Waals surface area contributed by atoms with Crippen LogP contribution in [-0.2, 0) is 14.8 Å². The molecule has 2 heterocycles. The van der Waals surface area contributed by atoms with Gasteiger partial charge in [0.25, 0.3) is 10.0 Å². The monoisotopic (exact) mass is 470 g/mol. The van der Waals surface area contributed by atoms with Crippen molar-refractivity contribution in [2.24, 2.45) is 0 Å². The van der Waals surface area contributed by atoms with Crippen LogP contribution in [0.1, 0.15) is 12.5 Å². The average molecular weight is 471 g/mol. The highest BCUT2D eigenvalue weighted by atomic mass is 35.5. The SMILES string of the molecule is CCN1CCN(c2ccc(NC(=O)CN(C)S(=O)(=O)c3ccc(Cl)s3)c(C)c2)CC1. The van der Waals surface area contributed by atoms with Gasteiger partial charge in [-0.25, -0.2) is 8.42 Å². The molecule has 1 aromatic carbocycles. The minimum absolute atomic E-state index is 0.117. The summed E-state index contributed by atoms with van der Waals surface area (Å²) in [6.07, 6.45) is 0. The Morgan fingerprint density at radius 2 is 1.90 bits per heavy atom. The Labute approximate surface area is 187 Å². The third kappa shape index (κ3) is 5.33. The number of piperazine rings is 1. The quantitative estimate of drug-likeness (QED) is 0.673. The molecule has 1 aliphatic rings. The molecule has 0 spiro atoms. The van der Waals surface area contributed by atoms with Crippen LogP contribution in [0.15, 0.2) is 34.5 Å². The van der Waals surface area contributed by atoms with E-state index in [2.05, 4.69) is 28.1 Å². The molecule has 3 rings (SSSR count). The van der Waals surface area contributed by atoms with Crippen LogP contribution < -0.4 is 10.2 Å². The Kier molecular flexibility index (Phi) is 7.41. The van der Waals surface area contributed by atoms with Crippen molar-refractivity contribution in [1.82, 2.24) is 9.21 Å². The Morgan fingerprint density at radius 1 is 1.20 bits per heavy atom. The zero-order valence-corrected chi connectivity index (χ0v) is 19.8. The summed E-state index contributed by atoms with van der Waals surface area (Å²) in [4.78, 5) is 17.2. The van der Waals surface area contributed by atoms with Crippen molar-refractivity contribution in [3.05, 3.63) is 40.2 Å². The van der Waals surface area contributed by atoms with Gasteiger partial charge in [-0.15, -0.1) is 11.3 Å². The van der Waals surface area contributed by atoms with Gasteiger partial charge < -0.3 is 15.1 Å². The van der Waals surface area contributed by atoms with Crippen LogP contribution in [0.2, 0.25) is 4.34 Å². The van der Waals surface area contributed by atoms with Gasteiger partial charge in [-0.05, 0) is 49.4 Å². The van der Waals surface area contributed by atoms with Crippen LogP contribution in [0.4, 0.5) is 11.4 Å². The number of hydrogen-bond donors (Lipinski definition) is 1. The maximum absolute atomic E-state index is 12.6. The minimum Gasteiger partial charge on any atom is -0.369 e. The first-order valence-corrected chi connectivity index (χ1v) is 12.4. The molecular formula is C20H27ClN4O3S2. The molecule has 1 aliphatic heterocycles. The lowest BCUT2D eigenvalue weighted by Gasteiger charge is -2.35. The van der Waals surface area contributed by atoms with Crippen LogP contribution in [-0.4, -0.2) is 69.8 Å². The van der Waals surface area contributed by atoms with Gasteiger partial charge >= 0.3 is 0 Å². The smallest absolute Gasteiger partial charge is 0.252 e. The lowest BCUT2D eigenvalue weighted by Crippen LogP contribution is -2.46. The second-order valence-corrected chi connectivity index (χ2v) is 11.3. The summed E-state index contributed by atoms with van der Waals surface area (Å²) >= 11 is 6.80. The van der Waals surface area contributed by atoms with Crippen molar-refractivity contribution in [1.29, 1.82) is 0 Å². The van der Waals surface area contributed by atoms with Crippen LogP contribution >= 0.6 is 22.9 Å². The second kappa shape index (κ2) is 9.65. The van der Waals surface area contributed by atoms with Crippen molar-refractivity contribution in [3.63, 3.8) is 0 Å². The molecule has 1 saturated heterocycles. The van der Waals surface area contributed by atoms with Gasteiger partial charge in [0, 0.05) is 44.6 Å². The fraction of sp³-hybridized carbons (Fsp3) is 0.450. The molecule has 1 amide bonds. The topological polar surface area (TPSA) is 73.0 Å². The molecule has 0 bridgehead atoms. The summed E-state index contributed by atoms with van der Waals surface area (Å²) < 4.78 is 26.6. The Hall–Kier alpha value is -1.65. The van der Waals surface area contributed by atoms with E-state index >= 15 is 0 Å². The molecule has 0 radical (unpaired) electrons. The molecule has 10 heteroatoms. The van der Waals surface area contributed by atoms with Gasteiger partial charge in [0.15, 0.2) is 0 Å². The van der Waals surface area contributed by atoms with Crippen molar-refractivity contribution in [2.75, 3.05) is 56.5 Å². The summed E-state index contributed by atoms with van der Waals surface area (Å²) in [5.41, 5.74) is 2.76. The average Bonchev–Trinajstić information content (AvgIpc) is 3.16. The first-order valence-electron chi connectivity index (χ1n) is 9.80. The predicted octanol–water partition coefficient (Wildman–Crippen LogP) is 3.11. The fourth-order valence-corrected chi connectivity index (χ4v) is 6.19. The summed E-state index contributed by atoms with van der Waals surface area (Å²) in [6, 6.07) is 8.91. The number of nitrogens with zero attached hydrogens (tertiary/aromatic N) is 3. The van der Waals surface area contributed by atoms with Gasteiger partial charge in [-0.3, -0.25) is 4.79 Å². The molecule has 0 atom stereocenters. The number of rotatable bonds is 7. The summed E-state index contributed by atoms with van der Waals surface area (Å²) in [5, 5.41) is 2.82. The zero-order chi connectivity index (χ0) is 21.9. The highest BCUT2D eigenvalue weighted by Gasteiger charge is 2.25. The number of sulfonamides is 1. The molecule has 1 aromatic heterocycles. The largest absolute Gasteiger partial charge is 0.369 e. The highest BCUT2D eigenvalue weighted by Crippen LogP contribution is 2.28. The Balaban J connectivity index is 1.61. The van der Waals surface area contributed by atoms with E-state index in [1.54, 1.807) is 0 Å². The number of nitrogens with one attached hydrogen (secondary N) is 1. The van der Waals surface area contributed by atoms with Crippen LogP contribution in [0.5, 0.6) is 0 Å². The number of amides is 1. The van der Waals surface area contributed by atoms with E-state index in [1.807, 2.05) is 19.1 Å². The van der Waals surface area contributed by atoms with Gasteiger partial charge in [0.05, 0.1) is 10.9 Å². The summed E-state index contributed by atoms with van der Waals surface area (Å²) in [6.45, 7) is 8.96. The molecule has 164 valence electrons. The molecule has 7 nitrogen and oxygen atoms in total. The van der Waals surface area contributed by atoms with Crippen LogP contribution in [0, 0.1) is 6.92 Å². The number of carbonyl (C=O) groups is 1. The number of benzene rings is 1. The molecule has 1 N–H and O–H groups in total. The van der Waals surface area contributed by atoms with Gasteiger partial charge in [0.1, 0.15) is 4.21 Å². The van der Waals surface area contributed by atoms with Gasteiger partial charge in [0.2, 0.25) is 5.91 Å². The predicted molar refractivity (Wildman–Crippen MR) is 123 cm³/mol. The number of likely N-dealkylation sites (N-methyl/N-ethyl adjacent to an activating group) is 2. The lowest BCUT2D eigenvalue weighted by molar-refractivity contribution is -0.116. The molecule has 0 saturated carbocycles. The number of anilines is 2. The van der Waals surface area contributed by atoms with Crippen molar-refractivity contribution >= 4 is 50.2 Å². The van der Waals surface area contributed by atoms with E-state index in [4.69, 9.17) is 11.6 Å². The lowest BCUT2D eigenvalue weighted by atomic mass is 10.1. The zero-order valence-electron chi connectivity index (χ0n) is 17.4. The Morgan fingerprint density at radius 3 is 2.47 bits per heavy atom. The first-order chi connectivity index (χ1) is 14.2. The van der Waals surface area contributed by atoms with E-state index < -0.39 is 15.9 Å². The number of carbonyl (C=O) groups excluding carboxylic acids is 1. The van der Waals surface area contributed by atoms with Gasteiger partial charge in [-0.1, -0.05) is 18.5 Å². The van der Waals surface area contributed by atoms with Crippen LogP contribution in [0.3, 0.4) is 0 Å². The van der Waals surface area contributed by atoms with Gasteiger partial charge in [-0.2, -0.15) is 4.31 Å². The molecule has 0 aliphatic carbocycles. The summed E-state index contributed by atoms with van der Waals surface area (Å²) in [5.74, 6) is -0.392. The first kappa shape index (κ1) is 23.0. The Bertz CT molecular complexity index is 1000. The van der Waals surface area contributed by atoms with E-state index in [-0.39, 0.29) is 10.8 Å². The standard InChI is InChI=1S/C20H27ClN4O3S2/c1-4-24-9-11-25(12-10-24)16-5-6-17(15(2)13-16)22-19(26)14-23(3)30(27,28)20-8-7-18(21)29-20/h5-8,13H,4,9-12,14H2,1-3H3,(H,22,26). The van der Waals surface area contributed by atoms with Crippen LogP contribution in [0.25, 0.3) is 0 Å². The number of hydrogen-bond acceptors (Lipinski definition) is 6. The van der Waals surface area contributed by atoms with E-state index in [0.29, 0.717) is 10.0 Å². The van der Waals surface area contributed by atoms with E-state index in [0.717, 1.165) is 59.6 Å².